The molecule has 0 saturated carbocycles. The second kappa shape index (κ2) is 7.50. The van der Waals surface area contributed by atoms with Crippen LogP contribution in [0.1, 0.15) is 10.6 Å². The minimum absolute atomic E-state index is 0.0949. The fraction of sp³-hybridized carbons (Fsp3) is 0.125. The number of carbonyl (C=O) groups excluding carboxylic acids is 1. The standard InChI is InChI=1S/C16H12F3N5O4S/c1-29(26,27)13-8-2-10(3-9-13)20-15(25)14-21-23-24(22-14)11-4-6-12(7-5-11)28-16(17,18)19/h2-9H,1H3,(H,20,25). The van der Waals surface area contributed by atoms with E-state index in [2.05, 4.69) is 25.5 Å². The number of rotatable bonds is 5. The van der Waals surface area contributed by atoms with E-state index in [1.54, 1.807) is 0 Å². The normalized spacial score (nSPS) is 11.9. The van der Waals surface area contributed by atoms with E-state index >= 15 is 0 Å². The van der Waals surface area contributed by atoms with Crippen molar-refractivity contribution < 1.29 is 31.1 Å². The predicted octanol–water partition coefficient (Wildman–Crippen LogP) is 2.22. The number of tetrazole rings is 1. The number of carbonyl (C=O) groups is 1. The fourth-order valence-corrected chi connectivity index (χ4v) is 2.80. The molecule has 1 heterocycles. The van der Waals surface area contributed by atoms with Gasteiger partial charge in [-0.15, -0.1) is 28.2 Å². The van der Waals surface area contributed by atoms with Gasteiger partial charge in [0.25, 0.3) is 11.7 Å². The van der Waals surface area contributed by atoms with Crippen LogP contribution in [-0.4, -0.2) is 47.2 Å². The second-order valence-corrected chi connectivity index (χ2v) is 7.71. The first-order valence-electron chi connectivity index (χ1n) is 7.79. The summed E-state index contributed by atoms with van der Waals surface area (Å²) in [6.07, 6.45) is -3.75. The SMILES string of the molecule is CS(=O)(=O)c1ccc(NC(=O)c2nnn(-c3ccc(OC(F)(F)F)cc3)n2)cc1. The molecule has 1 amide bonds. The maximum absolute atomic E-state index is 12.2. The van der Waals surface area contributed by atoms with Gasteiger partial charge in [0.2, 0.25) is 0 Å². The molecule has 0 fully saturated rings. The van der Waals surface area contributed by atoms with Gasteiger partial charge in [0.15, 0.2) is 9.84 Å². The molecule has 152 valence electrons. The number of hydrogen-bond donors (Lipinski definition) is 1. The topological polar surface area (TPSA) is 116 Å². The van der Waals surface area contributed by atoms with Gasteiger partial charge in [-0.05, 0) is 53.7 Å². The van der Waals surface area contributed by atoms with E-state index in [1.165, 1.54) is 36.4 Å². The van der Waals surface area contributed by atoms with Crippen LogP contribution in [0.4, 0.5) is 18.9 Å². The number of benzene rings is 2. The maximum Gasteiger partial charge on any atom is 0.573 e. The van der Waals surface area contributed by atoms with Gasteiger partial charge in [0, 0.05) is 11.9 Å². The molecular formula is C16H12F3N5O4S. The molecule has 1 aromatic heterocycles. The highest BCUT2D eigenvalue weighted by molar-refractivity contribution is 7.90. The van der Waals surface area contributed by atoms with Crippen molar-refractivity contribution in [3.05, 3.63) is 54.4 Å². The van der Waals surface area contributed by atoms with Crippen LogP contribution in [0.15, 0.2) is 53.4 Å². The van der Waals surface area contributed by atoms with Gasteiger partial charge in [-0.25, -0.2) is 8.42 Å². The average Bonchev–Trinajstić information content (AvgIpc) is 3.11. The Morgan fingerprint density at radius 3 is 2.24 bits per heavy atom. The molecule has 0 radical (unpaired) electrons. The molecule has 0 bridgehead atoms. The Bertz CT molecular complexity index is 1130. The first kappa shape index (κ1) is 20.3. The Hall–Kier alpha value is -3.48. The number of anilines is 1. The van der Waals surface area contributed by atoms with E-state index in [1.807, 2.05) is 0 Å². The van der Waals surface area contributed by atoms with Crippen LogP contribution in [0.25, 0.3) is 5.69 Å². The fourth-order valence-electron chi connectivity index (χ4n) is 2.17. The molecule has 0 aliphatic heterocycles. The van der Waals surface area contributed by atoms with E-state index in [-0.39, 0.29) is 16.4 Å². The van der Waals surface area contributed by atoms with E-state index in [9.17, 15) is 26.4 Å². The number of alkyl halides is 3. The minimum atomic E-state index is -4.81. The highest BCUT2D eigenvalue weighted by Gasteiger charge is 2.31. The van der Waals surface area contributed by atoms with Crippen molar-refractivity contribution in [3.8, 4) is 11.4 Å². The zero-order chi connectivity index (χ0) is 21.2. The molecule has 2 aromatic carbocycles. The van der Waals surface area contributed by atoms with Gasteiger partial charge in [-0.3, -0.25) is 4.79 Å². The molecule has 0 aliphatic carbocycles. The zero-order valence-electron chi connectivity index (χ0n) is 14.6. The Morgan fingerprint density at radius 2 is 1.69 bits per heavy atom. The van der Waals surface area contributed by atoms with Crippen LogP contribution in [0.2, 0.25) is 0 Å². The third-order valence-electron chi connectivity index (χ3n) is 3.46. The molecule has 0 atom stereocenters. The smallest absolute Gasteiger partial charge is 0.406 e. The molecule has 0 spiro atoms. The number of amides is 1. The van der Waals surface area contributed by atoms with Crippen LogP contribution >= 0.6 is 0 Å². The first-order valence-corrected chi connectivity index (χ1v) is 9.68. The molecule has 0 aliphatic rings. The molecule has 0 unspecified atom stereocenters. The van der Waals surface area contributed by atoms with Crippen LogP contribution in [0.5, 0.6) is 5.75 Å². The summed E-state index contributed by atoms with van der Waals surface area (Å²) < 4.78 is 63.2. The van der Waals surface area contributed by atoms with E-state index < -0.39 is 27.9 Å². The third-order valence-corrected chi connectivity index (χ3v) is 4.59. The minimum Gasteiger partial charge on any atom is -0.406 e. The van der Waals surface area contributed by atoms with E-state index in [4.69, 9.17) is 0 Å². The Kier molecular flexibility index (Phi) is 5.24. The van der Waals surface area contributed by atoms with E-state index in [0.29, 0.717) is 5.69 Å². The van der Waals surface area contributed by atoms with Crippen molar-refractivity contribution in [1.29, 1.82) is 0 Å². The monoisotopic (exact) mass is 427 g/mol. The first-order chi connectivity index (χ1) is 13.5. The van der Waals surface area contributed by atoms with Gasteiger partial charge >= 0.3 is 6.36 Å². The summed E-state index contributed by atoms with van der Waals surface area (Å²) >= 11 is 0. The highest BCUT2D eigenvalue weighted by atomic mass is 32.2. The molecule has 0 saturated heterocycles. The lowest BCUT2D eigenvalue weighted by Gasteiger charge is -2.08. The number of ether oxygens (including phenoxy) is 1. The van der Waals surface area contributed by atoms with Gasteiger partial charge in [-0.2, -0.15) is 0 Å². The number of aromatic nitrogens is 4. The number of halogens is 3. The quantitative estimate of drug-likeness (QED) is 0.664. The third kappa shape index (κ3) is 5.28. The largest absolute Gasteiger partial charge is 0.573 e. The average molecular weight is 427 g/mol. The predicted molar refractivity (Wildman–Crippen MR) is 93.3 cm³/mol. The van der Waals surface area contributed by atoms with Crippen LogP contribution in [-0.2, 0) is 9.84 Å². The molecular weight excluding hydrogens is 415 g/mol. The summed E-state index contributed by atoms with van der Waals surface area (Å²) in [5.41, 5.74) is 0.566. The lowest BCUT2D eigenvalue weighted by molar-refractivity contribution is -0.274. The molecule has 1 N–H and O–H groups in total. The molecule has 3 aromatic rings. The molecule has 9 nitrogen and oxygen atoms in total. The number of hydrogen-bond acceptors (Lipinski definition) is 7. The summed E-state index contributed by atoms with van der Waals surface area (Å²) in [6.45, 7) is 0. The molecule has 29 heavy (non-hydrogen) atoms. The van der Waals surface area contributed by atoms with Crippen LogP contribution in [0.3, 0.4) is 0 Å². The molecule has 3 rings (SSSR count). The van der Waals surface area contributed by atoms with Crippen molar-refractivity contribution >= 4 is 21.4 Å². The maximum atomic E-state index is 12.2. The van der Waals surface area contributed by atoms with Crippen LogP contribution in [0, 0.1) is 0 Å². The zero-order valence-corrected chi connectivity index (χ0v) is 15.4. The summed E-state index contributed by atoms with van der Waals surface area (Å²) in [4.78, 5) is 13.3. The van der Waals surface area contributed by atoms with Crippen molar-refractivity contribution in [2.75, 3.05) is 11.6 Å². The van der Waals surface area contributed by atoms with Crippen molar-refractivity contribution in [2.24, 2.45) is 0 Å². The summed E-state index contributed by atoms with van der Waals surface area (Å²) in [5.74, 6) is -1.43. The second-order valence-electron chi connectivity index (χ2n) is 5.69. The summed E-state index contributed by atoms with van der Waals surface area (Å²) in [6, 6.07) is 10.1. The van der Waals surface area contributed by atoms with Gasteiger partial charge in [-0.1, -0.05) is 0 Å². The number of nitrogens with one attached hydrogen (secondary N) is 1. The molecule has 13 heteroatoms. The Labute approximate surface area is 162 Å². The van der Waals surface area contributed by atoms with Crippen molar-refractivity contribution in [2.45, 2.75) is 11.3 Å². The van der Waals surface area contributed by atoms with Gasteiger partial charge < -0.3 is 10.1 Å². The van der Waals surface area contributed by atoms with Crippen molar-refractivity contribution in [1.82, 2.24) is 20.2 Å². The summed E-state index contributed by atoms with van der Waals surface area (Å²) in [5, 5.41) is 13.6. The Morgan fingerprint density at radius 1 is 1.07 bits per heavy atom. The number of nitrogens with zero attached hydrogens (tertiary/aromatic N) is 4. The lowest BCUT2D eigenvalue weighted by Crippen LogP contribution is -2.17. The lowest BCUT2D eigenvalue weighted by atomic mass is 10.3. The van der Waals surface area contributed by atoms with E-state index in [0.717, 1.165) is 23.2 Å². The van der Waals surface area contributed by atoms with Crippen LogP contribution < -0.4 is 10.1 Å². The van der Waals surface area contributed by atoms with Crippen molar-refractivity contribution in [3.63, 3.8) is 0 Å². The van der Waals surface area contributed by atoms with Gasteiger partial charge in [0.05, 0.1) is 10.6 Å². The Balaban J connectivity index is 1.70. The highest BCUT2D eigenvalue weighted by Crippen LogP contribution is 2.23. The van der Waals surface area contributed by atoms with Gasteiger partial charge in [0.1, 0.15) is 5.75 Å². The summed E-state index contributed by atoms with van der Waals surface area (Å²) in [7, 11) is -3.36. The number of sulfone groups is 1.